The van der Waals surface area contributed by atoms with Gasteiger partial charge in [-0.05, 0) is 36.8 Å². The van der Waals surface area contributed by atoms with Crippen molar-refractivity contribution in [2.75, 3.05) is 4.72 Å². The lowest BCUT2D eigenvalue weighted by Gasteiger charge is -2.10. The molecule has 0 aliphatic rings. The molecule has 2 aromatic carbocycles. The van der Waals surface area contributed by atoms with Gasteiger partial charge in [0.2, 0.25) is 0 Å². The van der Waals surface area contributed by atoms with Gasteiger partial charge < -0.3 is 0 Å². The summed E-state index contributed by atoms with van der Waals surface area (Å²) in [7, 11) is -4.55. The molecule has 0 radical (unpaired) electrons. The fourth-order valence-corrected chi connectivity index (χ4v) is 2.85. The fourth-order valence-electron chi connectivity index (χ4n) is 1.65. The second kappa shape index (κ2) is 5.16. The third-order valence-electron chi connectivity index (χ3n) is 2.55. The molecule has 0 aliphatic heterocycles. The molecular weight excluding hydrogens is 291 g/mol. The van der Waals surface area contributed by atoms with Crippen LogP contribution < -0.4 is 4.72 Å². The van der Waals surface area contributed by atoms with Gasteiger partial charge in [-0.25, -0.2) is 21.6 Å². The summed E-state index contributed by atoms with van der Waals surface area (Å²) < 4.78 is 66.2. The number of hydrogen-bond donors (Lipinski definition) is 1. The van der Waals surface area contributed by atoms with E-state index in [0.29, 0.717) is 5.56 Å². The summed E-state index contributed by atoms with van der Waals surface area (Å²) in [6, 6.07) is 6.39. The van der Waals surface area contributed by atoms with Crippen molar-refractivity contribution in [3.63, 3.8) is 0 Å². The predicted molar refractivity (Wildman–Crippen MR) is 68.3 cm³/mol. The first-order valence-corrected chi connectivity index (χ1v) is 7.02. The molecule has 2 rings (SSSR count). The van der Waals surface area contributed by atoms with Gasteiger partial charge in [-0.15, -0.1) is 0 Å². The Hall–Kier alpha value is -2.02. The Bertz CT molecular complexity index is 740. The molecule has 0 heterocycles. The second-order valence-electron chi connectivity index (χ2n) is 4.14. The lowest BCUT2D eigenvalue weighted by Crippen LogP contribution is -2.17. The highest BCUT2D eigenvalue weighted by atomic mass is 32.2. The normalized spacial score (nSPS) is 11.4. The average Bonchev–Trinajstić information content (AvgIpc) is 2.33. The van der Waals surface area contributed by atoms with E-state index in [1.807, 2.05) is 4.72 Å². The van der Waals surface area contributed by atoms with Gasteiger partial charge in [-0.3, -0.25) is 4.72 Å². The maximum atomic E-state index is 13.5. The third-order valence-corrected chi connectivity index (χ3v) is 3.97. The Balaban J connectivity index is 2.49. The lowest BCUT2D eigenvalue weighted by molar-refractivity contribution is 0.521. The standard InChI is InChI=1S/C13H10F3NO2S/c1-8-5-6-9(14)12(7-8)17-20(18,19)13-10(15)3-2-4-11(13)16/h2-7,17H,1H3. The van der Waals surface area contributed by atoms with Crippen molar-refractivity contribution in [2.24, 2.45) is 0 Å². The van der Waals surface area contributed by atoms with Gasteiger partial charge in [0.1, 0.15) is 17.5 Å². The molecule has 3 nitrogen and oxygen atoms in total. The van der Waals surface area contributed by atoms with Crippen molar-refractivity contribution >= 4 is 15.7 Å². The van der Waals surface area contributed by atoms with E-state index >= 15 is 0 Å². The van der Waals surface area contributed by atoms with Gasteiger partial charge in [0.25, 0.3) is 10.0 Å². The van der Waals surface area contributed by atoms with Gasteiger partial charge >= 0.3 is 0 Å². The van der Waals surface area contributed by atoms with Crippen molar-refractivity contribution in [1.82, 2.24) is 0 Å². The molecule has 0 atom stereocenters. The highest BCUT2D eigenvalue weighted by Gasteiger charge is 2.24. The molecule has 0 fully saturated rings. The quantitative estimate of drug-likeness (QED) is 0.946. The molecule has 0 spiro atoms. The molecule has 2 aromatic rings. The number of nitrogens with one attached hydrogen (secondary N) is 1. The van der Waals surface area contributed by atoms with Crippen molar-refractivity contribution in [3.05, 3.63) is 59.4 Å². The van der Waals surface area contributed by atoms with Crippen LogP contribution in [0.1, 0.15) is 5.56 Å². The number of hydrogen-bond acceptors (Lipinski definition) is 2. The average molecular weight is 301 g/mol. The number of sulfonamides is 1. The van der Waals surface area contributed by atoms with E-state index in [4.69, 9.17) is 0 Å². The van der Waals surface area contributed by atoms with Crippen LogP contribution in [0.5, 0.6) is 0 Å². The number of halogens is 3. The zero-order valence-electron chi connectivity index (χ0n) is 10.3. The van der Waals surface area contributed by atoms with Crippen LogP contribution in [0, 0.1) is 24.4 Å². The maximum Gasteiger partial charge on any atom is 0.267 e. The number of aryl methyl sites for hydroxylation is 1. The Morgan fingerprint density at radius 1 is 0.950 bits per heavy atom. The molecule has 0 saturated carbocycles. The molecular formula is C13H10F3NO2S. The van der Waals surface area contributed by atoms with E-state index in [9.17, 15) is 21.6 Å². The van der Waals surface area contributed by atoms with Gasteiger partial charge in [0, 0.05) is 0 Å². The molecule has 0 aliphatic carbocycles. The molecule has 0 aromatic heterocycles. The van der Waals surface area contributed by atoms with E-state index in [-0.39, 0.29) is 5.69 Å². The fraction of sp³-hybridized carbons (Fsp3) is 0.0769. The Morgan fingerprint density at radius 3 is 2.15 bits per heavy atom. The Morgan fingerprint density at radius 2 is 1.55 bits per heavy atom. The monoisotopic (exact) mass is 301 g/mol. The molecule has 0 saturated heterocycles. The first-order chi connectivity index (χ1) is 9.31. The highest BCUT2D eigenvalue weighted by Crippen LogP contribution is 2.23. The first-order valence-electron chi connectivity index (χ1n) is 5.54. The number of anilines is 1. The number of rotatable bonds is 3. The lowest BCUT2D eigenvalue weighted by atomic mass is 10.2. The van der Waals surface area contributed by atoms with Crippen LogP contribution in [0.15, 0.2) is 41.3 Å². The molecule has 0 unspecified atom stereocenters. The van der Waals surface area contributed by atoms with Gasteiger partial charge in [-0.1, -0.05) is 12.1 Å². The second-order valence-corrected chi connectivity index (χ2v) is 5.76. The molecule has 106 valence electrons. The van der Waals surface area contributed by atoms with Crippen LogP contribution in [-0.4, -0.2) is 8.42 Å². The van der Waals surface area contributed by atoms with Crippen LogP contribution >= 0.6 is 0 Å². The Labute approximate surface area is 114 Å². The van der Waals surface area contributed by atoms with Crippen LogP contribution in [0.4, 0.5) is 18.9 Å². The van der Waals surface area contributed by atoms with E-state index in [1.165, 1.54) is 12.1 Å². The summed E-state index contributed by atoms with van der Waals surface area (Å²) in [5.41, 5.74) is 0.228. The van der Waals surface area contributed by atoms with Gasteiger partial charge in [-0.2, -0.15) is 0 Å². The van der Waals surface area contributed by atoms with Crippen molar-refractivity contribution in [3.8, 4) is 0 Å². The van der Waals surface area contributed by atoms with Crippen LogP contribution in [0.3, 0.4) is 0 Å². The SMILES string of the molecule is Cc1ccc(F)c(NS(=O)(=O)c2c(F)cccc2F)c1. The van der Waals surface area contributed by atoms with Crippen molar-refractivity contribution in [1.29, 1.82) is 0 Å². The Kier molecular flexibility index (Phi) is 3.71. The smallest absolute Gasteiger partial charge is 0.267 e. The molecule has 20 heavy (non-hydrogen) atoms. The minimum atomic E-state index is -4.55. The predicted octanol–water partition coefficient (Wildman–Crippen LogP) is 3.21. The summed E-state index contributed by atoms with van der Waals surface area (Å²) >= 11 is 0. The van der Waals surface area contributed by atoms with E-state index in [2.05, 4.69) is 0 Å². The first kappa shape index (κ1) is 14.4. The zero-order chi connectivity index (χ0) is 14.9. The molecule has 1 N–H and O–H groups in total. The molecule has 7 heteroatoms. The largest absolute Gasteiger partial charge is 0.276 e. The maximum absolute atomic E-state index is 13.5. The number of benzene rings is 2. The minimum absolute atomic E-state index is 0.368. The summed E-state index contributed by atoms with van der Waals surface area (Å²) in [6.07, 6.45) is 0. The summed E-state index contributed by atoms with van der Waals surface area (Å²) in [4.78, 5) is -1.14. The summed E-state index contributed by atoms with van der Waals surface area (Å²) in [5.74, 6) is -3.33. The summed E-state index contributed by atoms with van der Waals surface area (Å²) in [6.45, 7) is 1.63. The zero-order valence-corrected chi connectivity index (χ0v) is 11.1. The van der Waals surface area contributed by atoms with Crippen LogP contribution in [0.25, 0.3) is 0 Å². The molecule has 0 bridgehead atoms. The van der Waals surface area contributed by atoms with Crippen molar-refractivity contribution < 1.29 is 21.6 Å². The summed E-state index contributed by atoms with van der Waals surface area (Å²) in [5, 5.41) is 0. The third kappa shape index (κ3) is 2.77. The van der Waals surface area contributed by atoms with E-state index < -0.39 is 32.4 Å². The van der Waals surface area contributed by atoms with Crippen molar-refractivity contribution in [2.45, 2.75) is 11.8 Å². The van der Waals surface area contributed by atoms with Crippen LogP contribution in [-0.2, 0) is 10.0 Å². The highest BCUT2D eigenvalue weighted by molar-refractivity contribution is 7.92. The topological polar surface area (TPSA) is 46.2 Å². The van der Waals surface area contributed by atoms with Gasteiger partial charge in [0.05, 0.1) is 5.69 Å². The van der Waals surface area contributed by atoms with E-state index in [1.54, 1.807) is 6.92 Å². The van der Waals surface area contributed by atoms with E-state index in [0.717, 1.165) is 24.3 Å². The van der Waals surface area contributed by atoms with Crippen LogP contribution in [0.2, 0.25) is 0 Å². The minimum Gasteiger partial charge on any atom is -0.276 e. The van der Waals surface area contributed by atoms with Gasteiger partial charge in [0.15, 0.2) is 4.90 Å². The molecule has 0 amide bonds.